The first-order valence-electron chi connectivity index (χ1n) is 6.29. The van der Waals surface area contributed by atoms with Gasteiger partial charge in [-0.2, -0.15) is 0 Å². The second kappa shape index (κ2) is 6.37. The molecule has 0 aliphatic rings. The number of hydrogen-bond acceptors (Lipinski definition) is 4. The summed E-state index contributed by atoms with van der Waals surface area (Å²) in [5.74, 6) is -1.12. The molecule has 0 bridgehead atoms. The van der Waals surface area contributed by atoms with E-state index >= 15 is 0 Å². The molecule has 0 heterocycles. The summed E-state index contributed by atoms with van der Waals surface area (Å²) in [6.45, 7) is 5.28. The Morgan fingerprint density at radius 3 is 2.40 bits per heavy atom. The number of aryl methyl sites for hydroxylation is 2. The van der Waals surface area contributed by atoms with Gasteiger partial charge in [0.25, 0.3) is 0 Å². The summed E-state index contributed by atoms with van der Waals surface area (Å²) in [5, 5.41) is 8.49. The van der Waals surface area contributed by atoms with Crippen molar-refractivity contribution in [3.8, 4) is 0 Å². The Bertz CT molecular complexity index is 604. The van der Waals surface area contributed by atoms with Gasteiger partial charge in [0.05, 0.1) is 15.7 Å². The minimum atomic E-state index is -3.56. The van der Waals surface area contributed by atoms with Gasteiger partial charge in [-0.15, -0.1) is 0 Å². The van der Waals surface area contributed by atoms with Crippen LogP contribution in [0.4, 0.5) is 0 Å². The van der Waals surface area contributed by atoms with E-state index in [0.29, 0.717) is 24.2 Å². The lowest BCUT2D eigenvalue weighted by Gasteiger charge is -2.16. The van der Waals surface area contributed by atoms with Crippen LogP contribution < -0.4 is 0 Å². The molecule has 0 aromatic heterocycles. The van der Waals surface area contributed by atoms with E-state index in [1.807, 2.05) is 0 Å². The van der Waals surface area contributed by atoms with Gasteiger partial charge in [-0.3, -0.25) is 0 Å². The standard InChI is InChI=1S/C14H20O5S/c1-9-7-10(2)13(8-12(9)14(15)16)20(17,18)11(3)5-6-19-4/h7-8,11H,5-6H2,1-4H3,(H,15,16). The maximum Gasteiger partial charge on any atom is 0.335 e. The van der Waals surface area contributed by atoms with Crippen LogP contribution in [0.3, 0.4) is 0 Å². The number of rotatable bonds is 6. The molecule has 1 N–H and O–H groups in total. The zero-order chi connectivity index (χ0) is 15.5. The van der Waals surface area contributed by atoms with E-state index in [0.717, 1.165) is 0 Å². The van der Waals surface area contributed by atoms with Crippen molar-refractivity contribution in [2.24, 2.45) is 0 Å². The summed E-state index contributed by atoms with van der Waals surface area (Å²) in [7, 11) is -2.05. The van der Waals surface area contributed by atoms with Crippen LogP contribution >= 0.6 is 0 Å². The minimum Gasteiger partial charge on any atom is -0.478 e. The fourth-order valence-electron chi connectivity index (χ4n) is 2.03. The summed E-state index contributed by atoms with van der Waals surface area (Å²) >= 11 is 0. The van der Waals surface area contributed by atoms with Crippen molar-refractivity contribution in [3.05, 3.63) is 28.8 Å². The van der Waals surface area contributed by atoms with Crippen LogP contribution in [0.2, 0.25) is 0 Å². The molecule has 0 fully saturated rings. The molecule has 1 aromatic rings. The maximum atomic E-state index is 12.5. The average Bonchev–Trinajstić information content (AvgIpc) is 2.34. The number of ether oxygens (including phenoxy) is 1. The van der Waals surface area contributed by atoms with Crippen LogP contribution in [0.1, 0.15) is 34.8 Å². The van der Waals surface area contributed by atoms with E-state index in [1.165, 1.54) is 13.2 Å². The molecule has 0 spiro atoms. The third kappa shape index (κ3) is 3.37. The van der Waals surface area contributed by atoms with Crippen LogP contribution in [-0.4, -0.2) is 38.5 Å². The highest BCUT2D eigenvalue weighted by Crippen LogP contribution is 2.25. The number of aromatic carboxylic acids is 1. The van der Waals surface area contributed by atoms with E-state index in [4.69, 9.17) is 9.84 Å². The lowest BCUT2D eigenvalue weighted by atomic mass is 10.1. The smallest absolute Gasteiger partial charge is 0.335 e. The molecular weight excluding hydrogens is 280 g/mol. The largest absolute Gasteiger partial charge is 0.478 e. The Balaban J connectivity index is 3.31. The molecule has 0 aliphatic carbocycles. The monoisotopic (exact) mass is 300 g/mol. The summed E-state index contributed by atoms with van der Waals surface area (Å²) in [5.41, 5.74) is 1.14. The molecular formula is C14H20O5S. The molecule has 112 valence electrons. The zero-order valence-electron chi connectivity index (χ0n) is 12.1. The van der Waals surface area contributed by atoms with E-state index in [1.54, 1.807) is 26.8 Å². The Labute approximate surface area is 119 Å². The van der Waals surface area contributed by atoms with E-state index < -0.39 is 21.1 Å². The van der Waals surface area contributed by atoms with Crippen molar-refractivity contribution in [3.63, 3.8) is 0 Å². The number of methoxy groups -OCH3 is 1. The molecule has 1 aromatic carbocycles. The number of carboxylic acid groups (broad SMARTS) is 1. The van der Waals surface area contributed by atoms with Gasteiger partial charge in [0.1, 0.15) is 0 Å². The third-order valence-electron chi connectivity index (χ3n) is 3.32. The summed E-state index contributed by atoms with van der Waals surface area (Å²) < 4.78 is 29.9. The van der Waals surface area contributed by atoms with Crippen LogP contribution in [0.5, 0.6) is 0 Å². The minimum absolute atomic E-state index is 0.0214. The molecule has 5 nitrogen and oxygen atoms in total. The predicted molar refractivity (Wildman–Crippen MR) is 76.0 cm³/mol. The second-order valence-corrected chi connectivity index (χ2v) is 7.21. The Morgan fingerprint density at radius 1 is 1.30 bits per heavy atom. The summed E-state index contributed by atoms with van der Waals surface area (Å²) in [4.78, 5) is 11.2. The van der Waals surface area contributed by atoms with Crippen molar-refractivity contribution < 1.29 is 23.1 Å². The number of carbonyl (C=O) groups is 1. The Hall–Kier alpha value is -1.40. The highest BCUT2D eigenvalue weighted by Gasteiger charge is 2.26. The SMILES string of the molecule is COCCC(C)S(=O)(=O)c1cc(C(=O)O)c(C)cc1C. The van der Waals surface area contributed by atoms with Crippen LogP contribution in [0.25, 0.3) is 0 Å². The maximum absolute atomic E-state index is 12.5. The fraction of sp³-hybridized carbons (Fsp3) is 0.500. The molecule has 1 atom stereocenters. The molecule has 0 radical (unpaired) electrons. The normalized spacial score (nSPS) is 13.2. The van der Waals surface area contributed by atoms with Gasteiger partial charge >= 0.3 is 5.97 Å². The molecule has 0 aliphatic heterocycles. The molecule has 20 heavy (non-hydrogen) atoms. The van der Waals surface area contributed by atoms with Gasteiger partial charge < -0.3 is 9.84 Å². The van der Waals surface area contributed by atoms with Crippen molar-refractivity contribution in [1.29, 1.82) is 0 Å². The van der Waals surface area contributed by atoms with Gasteiger partial charge in [-0.05, 0) is 44.4 Å². The first-order chi connectivity index (χ1) is 9.21. The van der Waals surface area contributed by atoms with Gasteiger partial charge in [0.15, 0.2) is 9.84 Å². The van der Waals surface area contributed by atoms with Crippen LogP contribution in [0.15, 0.2) is 17.0 Å². The Morgan fingerprint density at radius 2 is 1.90 bits per heavy atom. The topological polar surface area (TPSA) is 80.7 Å². The van der Waals surface area contributed by atoms with Gasteiger partial charge in [-0.1, -0.05) is 6.07 Å². The second-order valence-electron chi connectivity index (χ2n) is 4.87. The first kappa shape index (κ1) is 16.7. The van der Waals surface area contributed by atoms with Gasteiger partial charge in [-0.25, -0.2) is 13.2 Å². The molecule has 1 unspecified atom stereocenters. The summed E-state index contributed by atoms with van der Waals surface area (Å²) in [6.07, 6.45) is 0.370. The van der Waals surface area contributed by atoms with Crippen molar-refractivity contribution >= 4 is 15.8 Å². The van der Waals surface area contributed by atoms with Crippen LogP contribution in [0, 0.1) is 13.8 Å². The van der Waals surface area contributed by atoms with E-state index in [-0.39, 0.29) is 10.5 Å². The summed E-state index contributed by atoms with van der Waals surface area (Å²) in [6, 6.07) is 2.85. The average molecular weight is 300 g/mol. The third-order valence-corrected chi connectivity index (χ3v) is 5.67. The van der Waals surface area contributed by atoms with E-state index in [9.17, 15) is 13.2 Å². The lowest BCUT2D eigenvalue weighted by molar-refractivity contribution is 0.0696. The van der Waals surface area contributed by atoms with Crippen molar-refractivity contribution in [2.75, 3.05) is 13.7 Å². The quantitative estimate of drug-likeness (QED) is 0.871. The number of hydrogen-bond donors (Lipinski definition) is 1. The Kier molecular flexibility index (Phi) is 5.30. The van der Waals surface area contributed by atoms with Crippen molar-refractivity contribution in [2.45, 2.75) is 37.3 Å². The molecule has 0 saturated carbocycles. The molecule has 0 amide bonds. The highest BCUT2D eigenvalue weighted by molar-refractivity contribution is 7.92. The van der Waals surface area contributed by atoms with E-state index in [2.05, 4.69) is 0 Å². The van der Waals surface area contributed by atoms with Gasteiger partial charge in [0.2, 0.25) is 0 Å². The molecule has 1 rings (SSSR count). The predicted octanol–water partition coefficient (Wildman–Crippen LogP) is 2.20. The highest BCUT2D eigenvalue weighted by atomic mass is 32.2. The molecule has 0 saturated heterocycles. The number of sulfone groups is 1. The first-order valence-corrected chi connectivity index (χ1v) is 7.83. The van der Waals surface area contributed by atoms with Gasteiger partial charge in [0, 0.05) is 13.7 Å². The molecule has 6 heteroatoms. The van der Waals surface area contributed by atoms with Crippen LogP contribution in [-0.2, 0) is 14.6 Å². The number of benzene rings is 1. The van der Waals surface area contributed by atoms with Crippen molar-refractivity contribution in [1.82, 2.24) is 0 Å². The lowest BCUT2D eigenvalue weighted by Crippen LogP contribution is -2.21. The fourth-order valence-corrected chi connectivity index (χ4v) is 3.65. The zero-order valence-corrected chi connectivity index (χ0v) is 13.0. The number of carboxylic acids is 1.